The maximum atomic E-state index is 4.34. The standard InChI is InChI=1S/C14H12BrN3S/c1-9(10-3-2-4-11(15)7-10)18-14-13-12(5-6-19-13)16-8-17-14/h2-9H,1H3,(H,16,17,18). The van der Waals surface area contributed by atoms with Crippen molar-refractivity contribution in [1.82, 2.24) is 9.97 Å². The van der Waals surface area contributed by atoms with Gasteiger partial charge in [-0.2, -0.15) is 0 Å². The lowest BCUT2D eigenvalue weighted by molar-refractivity contribution is 0.875. The summed E-state index contributed by atoms with van der Waals surface area (Å²) in [6.07, 6.45) is 1.60. The highest BCUT2D eigenvalue weighted by atomic mass is 79.9. The van der Waals surface area contributed by atoms with Crippen LogP contribution in [0.4, 0.5) is 5.82 Å². The second-order valence-electron chi connectivity index (χ2n) is 4.28. The van der Waals surface area contributed by atoms with Gasteiger partial charge in [0.05, 0.1) is 16.3 Å². The first-order valence-corrected chi connectivity index (χ1v) is 7.61. The maximum Gasteiger partial charge on any atom is 0.147 e. The van der Waals surface area contributed by atoms with Gasteiger partial charge in [-0.05, 0) is 36.1 Å². The Morgan fingerprint density at radius 1 is 1.26 bits per heavy atom. The molecule has 1 unspecified atom stereocenters. The topological polar surface area (TPSA) is 37.8 Å². The van der Waals surface area contributed by atoms with Crippen molar-refractivity contribution in [2.24, 2.45) is 0 Å². The van der Waals surface area contributed by atoms with Gasteiger partial charge in [-0.15, -0.1) is 11.3 Å². The van der Waals surface area contributed by atoms with E-state index in [0.29, 0.717) is 0 Å². The molecule has 0 saturated heterocycles. The number of nitrogens with one attached hydrogen (secondary N) is 1. The van der Waals surface area contributed by atoms with E-state index in [-0.39, 0.29) is 6.04 Å². The highest BCUT2D eigenvalue weighted by molar-refractivity contribution is 9.10. The van der Waals surface area contributed by atoms with Crippen LogP contribution in [-0.4, -0.2) is 9.97 Å². The van der Waals surface area contributed by atoms with Crippen molar-refractivity contribution in [3.63, 3.8) is 0 Å². The molecule has 1 N–H and O–H groups in total. The highest BCUT2D eigenvalue weighted by Gasteiger charge is 2.10. The first-order valence-electron chi connectivity index (χ1n) is 5.94. The molecule has 1 atom stereocenters. The van der Waals surface area contributed by atoms with Gasteiger partial charge in [0.25, 0.3) is 0 Å². The van der Waals surface area contributed by atoms with Crippen molar-refractivity contribution in [2.75, 3.05) is 5.32 Å². The van der Waals surface area contributed by atoms with Crippen LogP contribution >= 0.6 is 27.3 Å². The molecule has 96 valence electrons. The molecule has 0 aliphatic rings. The summed E-state index contributed by atoms with van der Waals surface area (Å²) >= 11 is 5.16. The van der Waals surface area contributed by atoms with Crippen LogP contribution in [0, 0.1) is 0 Å². The van der Waals surface area contributed by atoms with E-state index in [1.54, 1.807) is 17.7 Å². The summed E-state index contributed by atoms with van der Waals surface area (Å²) in [6.45, 7) is 2.13. The van der Waals surface area contributed by atoms with Gasteiger partial charge in [-0.25, -0.2) is 9.97 Å². The Morgan fingerprint density at radius 3 is 3.00 bits per heavy atom. The minimum atomic E-state index is 0.192. The van der Waals surface area contributed by atoms with Crippen LogP contribution in [0.25, 0.3) is 10.2 Å². The Bertz CT molecular complexity index is 710. The quantitative estimate of drug-likeness (QED) is 0.759. The Balaban J connectivity index is 1.90. The zero-order chi connectivity index (χ0) is 13.2. The van der Waals surface area contributed by atoms with Crippen molar-refractivity contribution in [3.05, 3.63) is 52.1 Å². The lowest BCUT2D eigenvalue weighted by atomic mass is 10.1. The van der Waals surface area contributed by atoms with Gasteiger partial charge >= 0.3 is 0 Å². The Hall–Kier alpha value is -1.46. The van der Waals surface area contributed by atoms with Crippen LogP contribution in [0.3, 0.4) is 0 Å². The molecule has 0 fully saturated rings. The van der Waals surface area contributed by atoms with E-state index in [9.17, 15) is 0 Å². The SMILES string of the molecule is CC(Nc1ncnc2ccsc12)c1cccc(Br)c1. The summed E-state index contributed by atoms with van der Waals surface area (Å²) in [5, 5.41) is 5.49. The molecule has 0 spiro atoms. The second-order valence-corrected chi connectivity index (χ2v) is 6.11. The molecule has 3 aromatic rings. The minimum Gasteiger partial charge on any atom is -0.362 e. The van der Waals surface area contributed by atoms with Crippen molar-refractivity contribution in [2.45, 2.75) is 13.0 Å². The normalized spacial score (nSPS) is 12.5. The third-order valence-corrected chi connectivity index (χ3v) is 4.35. The number of benzene rings is 1. The maximum absolute atomic E-state index is 4.34. The molecule has 3 rings (SSSR count). The zero-order valence-corrected chi connectivity index (χ0v) is 12.7. The summed E-state index contributed by atoms with van der Waals surface area (Å²) in [6, 6.07) is 10.5. The number of halogens is 1. The third kappa shape index (κ3) is 2.62. The first kappa shape index (κ1) is 12.6. The van der Waals surface area contributed by atoms with Gasteiger partial charge < -0.3 is 5.32 Å². The highest BCUT2D eigenvalue weighted by Crippen LogP contribution is 2.28. The van der Waals surface area contributed by atoms with Gasteiger partial charge in [0, 0.05) is 4.47 Å². The average molecular weight is 334 g/mol. The second kappa shape index (κ2) is 5.27. The fourth-order valence-electron chi connectivity index (χ4n) is 1.96. The zero-order valence-electron chi connectivity index (χ0n) is 10.3. The number of thiophene rings is 1. The summed E-state index contributed by atoms with van der Waals surface area (Å²) in [7, 11) is 0. The van der Waals surface area contributed by atoms with Crippen molar-refractivity contribution >= 4 is 43.3 Å². The number of hydrogen-bond acceptors (Lipinski definition) is 4. The fourth-order valence-corrected chi connectivity index (χ4v) is 3.17. The molecule has 3 nitrogen and oxygen atoms in total. The van der Waals surface area contributed by atoms with E-state index in [2.05, 4.69) is 50.3 Å². The molecule has 0 aliphatic carbocycles. The predicted octanol–water partition coefficient (Wildman–Crippen LogP) is 4.63. The van der Waals surface area contributed by atoms with E-state index >= 15 is 0 Å². The average Bonchev–Trinajstić information content (AvgIpc) is 2.88. The molecule has 0 bridgehead atoms. The fraction of sp³-hybridized carbons (Fsp3) is 0.143. The third-order valence-electron chi connectivity index (χ3n) is 2.95. The first-order chi connectivity index (χ1) is 9.24. The van der Waals surface area contributed by atoms with Crippen molar-refractivity contribution < 1.29 is 0 Å². The molecular formula is C14H12BrN3S. The molecule has 2 aromatic heterocycles. The van der Waals surface area contributed by atoms with Crippen molar-refractivity contribution in [3.8, 4) is 0 Å². The van der Waals surface area contributed by atoms with Crippen LogP contribution in [0.2, 0.25) is 0 Å². The Labute approximate surface area is 123 Å². The van der Waals surface area contributed by atoms with E-state index < -0.39 is 0 Å². The van der Waals surface area contributed by atoms with Gasteiger partial charge in [-0.3, -0.25) is 0 Å². The molecule has 0 saturated carbocycles. The Kier molecular flexibility index (Phi) is 3.48. The smallest absolute Gasteiger partial charge is 0.147 e. The largest absolute Gasteiger partial charge is 0.362 e. The number of hydrogen-bond donors (Lipinski definition) is 1. The van der Waals surface area contributed by atoms with Gasteiger partial charge in [0.15, 0.2) is 0 Å². The number of fused-ring (bicyclic) bond motifs is 1. The lowest BCUT2D eigenvalue weighted by Gasteiger charge is -2.15. The summed E-state index contributed by atoms with van der Waals surface area (Å²) in [5.74, 6) is 0.896. The summed E-state index contributed by atoms with van der Waals surface area (Å²) in [4.78, 5) is 8.59. The van der Waals surface area contributed by atoms with Crippen molar-refractivity contribution in [1.29, 1.82) is 0 Å². The Morgan fingerprint density at radius 2 is 2.16 bits per heavy atom. The summed E-state index contributed by atoms with van der Waals surface area (Å²) in [5.41, 5.74) is 2.21. The van der Waals surface area contributed by atoms with Gasteiger partial charge in [-0.1, -0.05) is 28.1 Å². The number of anilines is 1. The van der Waals surface area contributed by atoms with Crippen LogP contribution < -0.4 is 5.32 Å². The number of nitrogens with zero attached hydrogens (tertiary/aromatic N) is 2. The van der Waals surface area contributed by atoms with Gasteiger partial charge in [0.2, 0.25) is 0 Å². The lowest BCUT2D eigenvalue weighted by Crippen LogP contribution is -2.08. The summed E-state index contributed by atoms with van der Waals surface area (Å²) < 4.78 is 2.19. The number of aromatic nitrogens is 2. The molecule has 0 amide bonds. The molecular weight excluding hydrogens is 322 g/mol. The minimum absolute atomic E-state index is 0.192. The van der Waals surface area contributed by atoms with Crippen LogP contribution in [0.15, 0.2) is 46.5 Å². The van der Waals surface area contributed by atoms with E-state index in [1.165, 1.54) is 5.56 Å². The number of rotatable bonds is 3. The predicted molar refractivity (Wildman–Crippen MR) is 83.6 cm³/mol. The van der Waals surface area contributed by atoms with E-state index in [4.69, 9.17) is 0 Å². The molecule has 0 aliphatic heterocycles. The molecule has 0 radical (unpaired) electrons. The van der Waals surface area contributed by atoms with Crippen LogP contribution in [0.5, 0.6) is 0 Å². The van der Waals surface area contributed by atoms with Crippen LogP contribution in [0.1, 0.15) is 18.5 Å². The molecule has 1 aromatic carbocycles. The van der Waals surface area contributed by atoms with Gasteiger partial charge in [0.1, 0.15) is 12.1 Å². The van der Waals surface area contributed by atoms with Crippen LogP contribution in [-0.2, 0) is 0 Å². The monoisotopic (exact) mass is 333 g/mol. The van der Waals surface area contributed by atoms with E-state index in [0.717, 1.165) is 20.5 Å². The molecule has 19 heavy (non-hydrogen) atoms. The molecule has 2 heterocycles. The molecule has 5 heteroatoms. The van der Waals surface area contributed by atoms with E-state index in [1.807, 2.05) is 23.6 Å².